The van der Waals surface area contributed by atoms with Crippen molar-refractivity contribution in [2.24, 2.45) is 0 Å². The van der Waals surface area contributed by atoms with E-state index in [2.05, 4.69) is 111 Å². The fourth-order valence-corrected chi connectivity index (χ4v) is 17.0. The van der Waals surface area contributed by atoms with Crippen LogP contribution in [0.5, 0.6) is 0 Å². The monoisotopic (exact) mass is 909 g/mol. The summed E-state index contributed by atoms with van der Waals surface area (Å²) in [5, 5.41) is 0. The maximum atomic E-state index is 17.2. The summed E-state index contributed by atoms with van der Waals surface area (Å²) in [4.78, 5) is 34.4. The highest BCUT2D eigenvalue weighted by atomic mass is 16.1. The molecule has 2 heteroatoms. The van der Waals surface area contributed by atoms with E-state index in [1.165, 1.54) is 134 Å². The molecule has 0 N–H and O–H groups in total. The summed E-state index contributed by atoms with van der Waals surface area (Å²) in [5.41, 5.74) is 38.5. The lowest BCUT2D eigenvalue weighted by atomic mass is 9.48. The van der Waals surface area contributed by atoms with Crippen LogP contribution in [0.2, 0.25) is 0 Å². The van der Waals surface area contributed by atoms with E-state index in [1.54, 1.807) is 0 Å². The van der Waals surface area contributed by atoms with Gasteiger partial charge in [0.25, 0.3) is 0 Å². The molecule has 0 radical (unpaired) electrons. The number of Topliss-reactive ketones (excluding diaryl/α,β-unsaturated/α-hetero) is 2. The Hall–Kier alpha value is -4.30. The minimum atomic E-state index is -0.242. The summed E-state index contributed by atoms with van der Waals surface area (Å²) in [6.07, 6.45) is 15.3. The van der Waals surface area contributed by atoms with E-state index in [-0.39, 0.29) is 35.2 Å². The van der Waals surface area contributed by atoms with Gasteiger partial charge < -0.3 is 0 Å². The molecule has 0 amide bonds. The van der Waals surface area contributed by atoms with Crippen LogP contribution in [0.15, 0.2) is 22.3 Å². The molecule has 4 aromatic carbocycles. The third-order valence-corrected chi connectivity index (χ3v) is 18.8. The number of hydrogen-bond acceptors (Lipinski definition) is 2. The van der Waals surface area contributed by atoms with Gasteiger partial charge in [0.15, 0.2) is 11.6 Å². The van der Waals surface area contributed by atoms with Crippen LogP contribution >= 0.6 is 0 Å². The topological polar surface area (TPSA) is 34.1 Å². The van der Waals surface area contributed by atoms with E-state index >= 15 is 9.59 Å². The number of carbonyl (C=O) groups excluding carboxylic acids is 2. The lowest BCUT2D eigenvalue weighted by Crippen LogP contribution is -2.46. The molecule has 7 aliphatic rings. The molecule has 0 aromatic heterocycles. The van der Waals surface area contributed by atoms with Gasteiger partial charge in [-0.1, -0.05) is 111 Å². The van der Waals surface area contributed by atoms with Crippen LogP contribution < -0.4 is 0 Å². The number of benzene rings is 4. The van der Waals surface area contributed by atoms with E-state index in [0.29, 0.717) is 0 Å². The fourth-order valence-electron chi connectivity index (χ4n) is 17.0. The van der Waals surface area contributed by atoms with Gasteiger partial charge in [0.2, 0.25) is 0 Å². The summed E-state index contributed by atoms with van der Waals surface area (Å²) in [6, 6.07) is 0. The Bertz CT molecular complexity index is 2360. The lowest BCUT2D eigenvalue weighted by molar-refractivity contribution is -0.117. The summed E-state index contributed by atoms with van der Waals surface area (Å²) in [7, 11) is 0. The summed E-state index contributed by atoms with van der Waals surface area (Å²) >= 11 is 0. The van der Waals surface area contributed by atoms with Crippen molar-refractivity contribution >= 4 is 11.6 Å². The van der Waals surface area contributed by atoms with Crippen molar-refractivity contribution in [1.29, 1.82) is 0 Å². The number of hydrogen-bond donors (Lipinski definition) is 0. The molecule has 0 saturated heterocycles. The van der Waals surface area contributed by atoms with Gasteiger partial charge in [-0.05, 0) is 236 Å². The van der Waals surface area contributed by atoms with Crippen LogP contribution in [0.1, 0.15) is 268 Å². The molecule has 0 aliphatic heterocycles. The van der Waals surface area contributed by atoms with E-state index in [1.807, 2.05) is 0 Å². The molecule has 2 nitrogen and oxygen atoms in total. The van der Waals surface area contributed by atoms with Gasteiger partial charge in [-0.25, -0.2) is 0 Å². The molecular weight excluding hydrogens is 825 g/mol. The Balaban J connectivity index is 1.50. The molecule has 68 heavy (non-hydrogen) atoms. The largest absolute Gasteiger partial charge is 0.289 e. The summed E-state index contributed by atoms with van der Waals surface area (Å²) in [5.74, 6) is -0.554. The van der Waals surface area contributed by atoms with Crippen LogP contribution in [-0.2, 0) is 112 Å². The molecular formula is C66H84O2. The Morgan fingerprint density at radius 3 is 0.382 bits per heavy atom. The van der Waals surface area contributed by atoms with Crippen molar-refractivity contribution in [3.8, 4) is 0 Å². The van der Waals surface area contributed by atoms with Crippen molar-refractivity contribution in [3.63, 3.8) is 0 Å². The number of carbonyl (C=O) groups is 2. The van der Waals surface area contributed by atoms with E-state index in [9.17, 15) is 0 Å². The van der Waals surface area contributed by atoms with Gasteiger partial charge in [0.05, 0.1) is 0 Å². The van der Waals surface area contributed by atoms with Gasteiger partial charge in [-0.15, -0.1) is 0 Å². The first-order valence-electron chi connectivity index (χ1n) is 28.3. The Kier molecular flexibility index (Phi) is 13.2. The predicted molar refractivity (Wildman–Crippen MR) is 287 cm³/mol. The van der Waals surface area contributed by atoms with E-state index in [4.69, 9.17) is 0 Å². The van der Waals surface area contributed by atoms with Crippen LogP contribution in [0.25, 0.3) is 0 Å². The molecule has 0 atom stereocenters. The third-order valence-electron chi connectivity index (χ3n) is 18.8. The minimum Gasteiger partial charge on any atom is -0.289 e. The van der Waals surface area contributed by atoms with Crippen LogP contribution in [0, 0.1) is 0 Å². The second kappa shape index (κ2) is 18.5. The molecule has 0 saturated carbocycles. The highest BCUT2D eigenvalue weighted by Gasteiger charge is 2.60. The van der Waals surface area contributed by atoms with Crippen molar-refractivity contribution in [2.45, 2.75) is 237 Å². The zero-order valence-electron chi connectivity index (χ0n) is 45.4. The highest BCUT2D eigenvalue weighted by molar-refractivity contribution is 6.30. The van der Waals surface area contributed by atoms with Crippen LogP contribution in [0.3, 0.4) is 0 Å². The SMILES string of the molecule is CCc1c(CC)c(CC)c2c(c1CC)C1C3=C(C(=O)C4=C(C3=O)C3c5c(CC)c(CC)c(CC)c(CC)c5C4c4c(CC)c(CC)c(CC)c(CC)c43)C2c2c(CC)c(CC)c(CC)c(CC)c21. The molecule has 4 aromatic rings. The van der Waals surface area contributed by atoms with Gasteiger partial charge in [0, 0.05) is 46.0 Å². The quantitative estimate of drug-likeness (QED) is 0.105. The average molecular weight is 909 g/mol. The van der Waals surface area contributed by atoms with E-state index < -0.39 is 0 Å². The number of allylic oxidation sites excluding steroid dienone is 4. The third kappa shape index (κ3) is 5.94. The van der Waals surface area contributed by atoms with Crippen LogP contribution in [0.4, 0.5) is 0 Å². The molecule has 0 unspecified atom stereocenters. The second-order valence-electron chi connectivity index (χ2n) is 20.7. The Morgan fingerprint density at radius 1 is 0.191 bits per heavy atom. The zero-order valence-corrected chi connectivity index (χ0v) is 45.4. The Morgan fingerprint density at radius 2 is 0.294 bits per heavy atom. The maximum Gasteiger partial charge on any atom is 0.187 e. The van der Waals surface area contributed by atoms with Crippen molar-refractivity contribution < 1.29 is 9.59 Å². The first-order valence-corrected chi connectivity index (χ1v) is 28.3. The maximum absolute atomic E-state index is 17.2. The molecule has 0 heterocycles. The second-order valence-corrected chi connectivity index (χ2v) is 20.7. The van der Waals surface area contributed by atoms with Crippen molar-refractivity contribution in [1.82, 2.24) is 0 Å². The molecule has 360 valence electrons. The molecule has 11 rings (SSSR count). The molecule has 4 bridgehead atoms. The predicted octanol–water partition coefficient (Wildman–Crippen LogP) is 15.3. The Labute approximate surface area is 412 Å². The summed E-state index contributed by atoms with van der Waals surface area (Å²) < 4.78 is 0. The smallest absolute Gasteiger partial charge is 0.187 e. The minimum absolute atomic E-state index is 0.207. The van der Waals surface area contributed by atoms with Crippen molar-refractivity contribution in [2.75, 3.05) is 0 Å². The first-order chi connectivity index (χ1) is 33.0. The van der Waals surface area contributed by atoms with Gasteiger partial charge in [-0.2, -0.15) is 0 Å². The first kappa shape index (κ1) is 48.7. The van der Waals surface area contributed by atoms with Crippen molar-refractivity contribution in [3.05, 3.63) is 156 Å². The standard InChI is InChI=1S/C66H84O2/c1-17-33-34(18-2)42(26-10)50-49(41(33)25-9)57-51-43(27-11)35(19-3)36(20-4)44(28-12)52(51)58(50)62-61(57)65(67)63-59-53-45(29-13)37(21-5)39(23-7)47(31-15)55(53)60(64(63)66(62)68)56-48(32-16)40(24-8)38(22-6)46(30-14)54(56)59/h57-60H,17-32H2,1-16H3. The fraction of sp³-hybridized carbons (Fsp3) is 0.545. The molecule has 7 aliphatic carbocycles. The normalized spacial score (nSPS) is 19.5. The average Bonchev–Trinajstić information content (AvgIpc) is 3.37. The number of ketones is 2. The van der Waals surface area contributed by atoms with Gasteiger partial charge in [0.1, 0.15) is 0 Å². The zero-order chi connectivity index (χ0) is 48.9. The van der Waals surface area contributed by atoms with Gasteiger partial charge >= 0.3 is 0 Å². The molecule has 0 spiro atoms. The molecule has 0 fully saturated rings. The number of rotatable bonds is 16. The summed E-state index contributed by atoms with van der Waals surface area (Å²) in [6.45, 7) is 37.7. The van der Waals surface area contributed by atoms with Gasteiger partial charge in [-0.3, -0.25) is 9.59 Å². The highest BCUT2D eigenvalue weighted by Crippen LogP contribution is 2.68. The van der Waals surface area contributed by atoms with Crippen LogP contribution in [-0.4, -0.2) is 11.6 Å². The lowest BCUT2D eigenvalue weighted by Gasteiger charge is -2.53. The van der Waals surface area contributed by atoms with E-state index in [0.717, 1.165) is 125 Å².